The van der Waals surface area contributed by atoms with Crippen molar-refractivity contribution in [3.63, 3.8) is 0 Å². The zero-order valence-electron chi connectivity index (χ0n) is 17.3. The van der Waals surface area contributed by atoms with Crippen molar-refractivity contribution in [1.29, 1.82) is 0 Å². The molecule has 2 heterocycles. The standard InChI is InChI=1S/C22H26N4O3S/c1-25(2)12-15-13-30-22(23-15)24-19(27)16-8-4-3-7-14(16)11-26-20(28)17-9-5-6-10-18(17)21(26)29/h5-6,9-10,13-14,16H,3-4,7-8,11-12H2,1-2H3,(H,23,24,27). The van der Waals surface area contributed by atoms with Gasteiger partial charge >= 0.3 is 0 Å². The molecule has 7 nitrogen and oxygen atoms in total. The third-order valence-corrected chi connectivity index (χ3v) is 6.61. The van der Waals surface area contributed by atoms with E-state index < -0.39 is 0 Å². The number of benzene rings is 1. The number of imide groups is 1. The molecule has 158 valence electrons. The highest BCUT2D eigenvalue weighted by molar-refractivity contribution is 7.13. The SMILES string of the molecule is CN(C)Cc1csc(NC(=O)C2CCCCC2CN2C(=O)c3ccccc3C2=O)n1. The van der Waals surface area contributed by atoms with E-state index in [0.717, 1.165) is 37.9 Å². The van der Waals surface area contributed by atoms with Gasteiger partial charge in [-0.15, -0.1) is 11.3 Å². The van der Waals surface area contributed by atoms with Gasteiger partial charge in [0.2, 0.25) is 5.91 Å². The van der Waals surface area contributed by atoms with E-state index in [1.54, 1.807) is 24.3 Å². The first kappa shape index (κ1) is 20.7. The summed E-state index contributed by atoms with van der Waals surface area (Å²) in [7, 11) is 3.95. The fourth-order valence-corrected chi connectivity index (χ4v) is 5.07. The number of fused-ring (bicyclic) bond motifs is 1. The van der Waals surface area contributed by atoms with E-state index in [1.807, 2.05) is 24.4 Å². The summed E-state index contributed by atoms with van der Waals surface area (Å²) >= 11 is 1.42. The summed E-state index contributed by atoms with van der Waals surface area (Å²) in [6.45, 7) is 1.01. The molecule has 1 aliphatic heterocycles. The molecule has 30 heavy (non-hydrogen) atoms. The maximum atomic E-state index is 13.0. The quantitative estimate of drug-likeness (QED) is 0.717. The van der Waals surface area contributed by atoms with Crippen LogP contribution in [0, 0.1) is 11.8 Å². The van der Waals surface area contributed by atoms with Gasteiger partial charge in [-0.05, 0) is 45.0 Å². The molecule has 1 aromatic carbocycles. The van der Waals surface area contributed by atoms with Crippen LogP contribution in [0.3, 0.4) is 0 Å². The summed E-state index contributed by atoms with van der Waals surface area (Å²) in [5.74, 6) is -0.851. The summed E-state index contributed by atoms with van der Waals surface area (Å²) in [6.07, 6.45) is 3.56. The second-order valence-electron chi connectivity index (χ2n) is 8.29. The molecule has 3 amide bonds. The number of hydrogen-bond acceptors (Lipinski definition) is 6. The van der Waals surface area contributed by atoms with Crippen molar-refractivity contribution < 1.29 is 14.4 Å². The maximum Gasteiger partial charge on any atom is 0.261 e. The fourth-order valence-electron chi connectivity index (χ4n) is 4.37. The topological polar surface area (TPSA) is 82.6 Å². The largest absolute Gasteiger partial charge is 0.304 e. The van der Waals surface area contributed by atoms with E-state index in [-0.39, 0.29) is 36.1 Å². The Morgan fingerprint density at radius 3 is 2.50 bits per heavy atom. The van der Waals surface area contributed by atoms with Gasteiger partial charge in [-0.2, -0.15) is 0 Å². The lowest BCUT2D eigenvalue weighted by Gasteiger charge is -2.32. The number of nitrogens with one attached hydrogen (secondary N) is 1. The number of carbonyl (C=O) groups is 3. The van der Waals surface area contributed by atoms with Crippen molar-refractivity contribution in [2.24, 2.45) is 11.8 Å². The zero-order valence-corrected chi connectivity index (χ0v) is 18.1. The average Bonchev–Trinajstić information content (AvgIpc) is 3.26. The Hall–Kier alpha value is -2.58. The van der Waals surface area contributed by atoms with Gasteiger partial charge in [-0.1, -0.05) is 25.0 Å². The molecule has 1 saturated carbocycles. The van der Waals surface area contributed by atoms with Crippen molar-refractivity contribution in [3.05, 3.63) is 46.5 Å². The van der Waals surface area contributed by atoms with Crippen LogP contribution in [0.1, 0.15) is 52.1 Å². The number of carbonyl (C=O) groups excluding carboxylic acids is 3. The van der Waals surface area contributed by atoms with Gasteiger partial charge in [0.25, 0.3) is 11.8 Å². The number of amides is 3. The Labute approximate surface area is 180 Å². The van der Waals surface area contributed by atoms with Crippen molar-refractivity contribution in [1.82, 2.24) is 14.8 Å². The first-order chi connectivity index (χ1) is 14.4. The van der Waals surface area contributed by atoms with E-state index in [1.165, 1.54) is 16.2 Å². The van der Waals surface area contributed by atoms with Crippen LogP contribution in [0.5, 0.6) is 0 Å². The maximum absolute atomic E-state index is 13.0. The van der Waals surface area contributed by atoms with Gasteiger partial charge < -0.3 is 10.2 Å². The molecule has 2 atom stereocenters. The van der Waals surface area contributed by atoms with Gasteiger partial charge in [0, 0.05) is 24.4 Å². The second kappa shape index (κ2) is 8.65. The summed E-state index contributed by atoms with van der Waals surface area (Å²) in [4.78, 5) is 46.3. The molecule has 8 heteroatoms. The Kier molecular flexibility index (Phi) is 5.97. The van der Waals surface area contributed by atoms with E-state index >= 15 is 0 Å². The van der Waals surface area contributed by atoms with E-state index in [2.05, 4.69) is 10.3 Å². The van der Waals surface area contributed by atoms with Crippen molar-refractivity contribution in [2.75, 3.05) is 26.0 Å². The van der Waals surface area contributed by atoms with Crippen LogP contribution in [0.4, 0.5) is 5.13 Å². The second-order valence-corrected chi connectivity index (χ2v) is 9.15. The Morgan fingerprint density at radius 2 is 1.83 bits per heavy atom. The normalized spacial score (nSPS) is 21.2. The van der Waals surface area contributed by atoms with Crippen LogP contribution in [-0.4, -0.2) is 53.1 Å². The van der Waals surface area contributed by atoms with Crippen LogP contribution < -0.4 is 5.32 Å². The van der Waals surface area contributed by atoms with Crippen molar-refractivity contribution in [2.45, 2.75) is 32.2 Å². The number of thiazole rings is 1. The molecule has 2 aromatic rings. The molecular weight excluding hydrogens is 400 g/mol. The van der Waals surface area contributed by atoms with Crippen molar-refractivity contribution >= 4 is 34.2 Å². The molecule has 1 aliphatic carbocycles. The number of aromatic nitrogens is 1. The summed E-state index contributed by atoms with van der Waals surface area (Å²) in [5, 5.41) is 5.51. The molecule has 4 rings (SSSR count). The van der Waals surface area contributed by atoms with Crippen molar-refractivity contribution in [3.8, 4) is 0 Å². The van der Waals surface area contributed by atoms with E-state index in [4.69, 9.17) is 0 Å². The highest BCUT2D eigenvalue weighted by atomic mass is 32.1. The first-order valence-corrected chi connectivity index (χ1v) is 11.2. The average molecular weight is 427 g/mol. The first-order valence-electron chi connectivity index (χ1n) is 10.3. The lowest BCUT2D eigenvalue weighted by Crippen LogP contribution is -2.41. The van der Waals surface area contributed by atoms with Gasteiger partial charge in [0.1, 0.15) is 0 Å². The van der Waals surface area contributed by atoms with Gasteiger partial charge in [0.05, 0.1) is 16.8 Å². The Balaban J connectivity index is 1.44. The minimum Gasteiger partial charge on any atom is -0.304 e. The molecule has 0 radical (unpaired) electrons. The number of anilines is 1. The Morgan fingerprint density at radius 1 is 1.17 bits per heavy atom. The summed E-state index contributed by atoms with van der Waals surface area (Å²) < 4.78 is 0. The predicted octanol–water partition coefficient (Wildman–Crippen LogP) is 3.25. The van der Waals surface area contributed by atoms with Gasteiger partial charge in [-0.25, -0.2) is 4.98 Å². The van der Waals surface area contributed by atoms with Crippen LogP contribution in [0.15, 0.2) is 29.6 Å². The highest BCUT2D eigenvalue weighted by Gasteiger charge is 2.40. The number of hydrogen-bond donors (Lipinski definition) is 1. The zero-order chi connectivity index (χ0) is 21.3. The number of nitrogens with zero attached hydrogens (tertiary/aromatic N) is 3. The van der Waals surface area contributed by atoms with Gasteiger partial charge in [0.15, 0.2) is 5.13 Å². The van der Waals surface area contributed by atoms with Crippen LogP contribution in [0.25, 0.3) is 0 Å². The molecule has 0 saturated heterocycles. The van der Waals surface area contributed by atoms with Gasteiger partial charge in [-0.3, -0.25) is 19.3 Å². The minimum absolute atomic E-state index is 0.0397. The molecule has 1 N–H and O–H groups in total. The summed E-state index contributed by atoms with van der Waals surface area (Å²) in [5.41, 5.74) is 1.83. The molecule has 0 bridgehead atoms. The lowest BCUT2D eigenvalue weighted by atomic mass is 9.78. The highest BCUT2D eigenvalue weighted by Crippen LogP contribution is 2.34. The lowest BCUT2D eigenvalue weighted by molar-refractivity contribution is -0.122. The molecule has 2 aliphatic rings. The third kappa shape index (κ3) is 4.15. The molecule has 1 aromatic heterocycles. The summed E-state index contributed by atoms with van der Waals surface area (Å²) in [6, 6.07) is 6.91. The van der Waals surface area contributed by atoms with E-state index in [0.29, 0.717) is 16.3 Å². The Bertz CT molecular complexity index is 936. The van der Waals surface area contributed by atoms with Crippen LogP contribution in [-0.2, 0) is 11.3 Å². The third-order valence-electron chi connectivity index (χ3n) is 5.80. The fraction of sp³-hybridized carbons (Fsp3) is 0.455. The molecule has 0 spiro atoms. The minimum atomic E-state index is -0.256. The number of rotatable bonds is 6. The van der Waals surface area contributed by atoms with Crippen LogP contribution >= 0.6 is 11.3 Å². The molecular formula is C22H26N4O3S. The van der Waals surface area contributed by atoms with Crippen LogP contribution in [0.2, 0.25) is 0 Å². The molecule has 1 fully saturated rings. The molecule has 2 unspecified atom stereocenters. The smallest absolute Gasteiger partial charge is 0.261 e. The van der Waals surface area contributed by atoms with E-state index in [9.17, 15) is 14.4 Å². The monoisotopic (exact) mass is 426 g/mol. The predicted molar refractivity (Wildman–Crippen MR) is 115 cm³/mol.